The molecule has 4 heterocycles. The minimum atomic E-state index is -0.792. The van der Waals surface area contributed by atoms with Gasteiger partial charge in [-0.05, 0) is 101 Å². The minimum Gasteiger partial charge on any atom is -0.476 e. The predicted molar refractivity (Wildman–Crippen MR) is 188 cm³/mol. The van der Waals surface area contributed by atoms with Gasteiger partial charge in [0.1, 0.15) is 22.7 Å². The first-order valence-corrected chi connectivity index (χ1v) is 16.5. The van der Waals surface area contributed by atoms with Crippen LogP contribution in [0.15, 0.2) is 84.0 Å². The van der Waals surface area contributed by atoms with Crippen molar-refractivity contribution in [1.29, 1.82) is 0 Å². The number of aromatic nitrogens is 5. The number of benzene rings is 3. The van der Waals surface area contributed by atoms with Crippen molar-refractivity contribution in [2.45, 2.75) is 59.3 Å². The van der Waals surface area contributed by atoms with Crippen LogP contribution < -0.4 is 20.3 Å². The lowest BCUT2D eigenvalue weighted by Crippen LogP contribution is -2.29. The molecule has 1 aliphatic heterocycles. The number of hydrogen-bond donors (Lipinski definition) is 1. The monoisotopic (exact) mass is 708 g/mol. The summed E-state index contributed by atoms with van der Waals surface area (Å²) in [5.41, 5.74) is 1.64. The number of anilines is 1. The zero-order valence-corrected chi connectivity index (χ0v) is 28.9. The summed E-state index contributed by atoms with van der Waals surface area (Å²) in [6.45, 7) is 9.50. The van der Waals surface area contributed by atoms with Gasteiger partial charge in [-0.15, -0.1) is 0 Å². The van der Waals surface area contributed by atoms with Crippen molar-refractivity contribution in [3.63, 3.8) is 0 Å². The second kappa shape index (κ2) is 13.1. The van der Waals surface area contributed by atoms with Crippen molar-refractivity contribution in [2.75, 3.05) is 5.32 Å². The third-order valence-corrected chi connectivity index (χ3v) is 8.15. The van der Waals surface area contributed by atoms with E-state index in [2.05, 4.69) is 15.5 Å². The molecule has 0 atom stereocenters. The predicted octanol–water partition coefficient (Wildman–Crippen LogP) is 7.50. The van der Waals surface area contributed by atoms with Crippen LogP contribution in [0, 0.1) is 11.6 Å². The molecule has 14 heteroatoms. The van der Waals surface area contributed by atoms with Gasteiger partial charge < -0.3 is 19.5 Å². The Morgan fingerprint density at radius 3 is 2.42 bits per heavy atom. The lowest BCUT2D eigenvalue weighted by molar-refractivity contribution is 0.0514. The Kier molecular flexibility index (Phi) is 8.61. The van der Waals surface area contributed by atoms with Crippen LogP contribution in [-0.2, 0) is 17.7 Å². The maximum absolute atomic E-state index is 15.7. The van der Waals surface area contributed by atoms with E-state index in [0.29, 0.717) is 35.5 Å². The number of rotatable bonds is 8. The van der Waals surface area contributed by atoms with E-state index in [0.717, 1.165) is 27.2 Å². The fraction of sp³-hybridized carbons (Fsp3) is 0.237. The van der Waals surface area contributed by atoms with Gasteiger partial charge in [-0.1, -0.05) is 0 Å². The summed E-state index contributed by atoms with van der Waals surface area (Å²) >= 11 is 0. The van der Waals surface area contributed by atoms with Gasteiger partial charge in [0.05, 0.1) is 29.7 Å². The van der Waals surface area contributed by atoms with Gasteiger partial charge in [0.15, 0.2) is 11.6 Å². The van der Waals surface area contributed by atoms with Gasteiger partial charge in [-0.2, -0.15) is 14.9 Å². The third-order valence-electron chi connectivity index (χ3n) is 8.15. The summed E-state index contributed by atoms with van der Waals surface area (Å²) in [5, 5.41) is 12.0. The van der Waals surface area contributed by atoms with Crippen LogP contribution in [0.4, 0.5) is 19.3 Å². The first-order chi connectivity index (χ1) is 24.8. The number of halogens is 2. The first kappa shape index (κ1) is 34.2. The second-order valence-corrected chi connectivity index (χ2v) is 13.5. The normalized spacial score (nSPS) is 12.4. The zero-order valence-electron chi connectivity index (χ0n) is 28.9. The number of pyridine rings is 1. The molecule has 52 heavy (non-hydrogen) atoms. The van der Waals surface area contributed by atoms with Gasteiger partial charge in [-0.25, -0.2) is 18.1 Å². The third kappa shape index (κ3) is 6.62. The summed E-state index contributed by atoms with van der Waals surface area (Å²) in [5.74, 6) is -1.73. The highest BCUT2D eigenvalue weighted by Crippen LogP contribution is 2.43. The molecule has 0 fully saturated rings. The molecule has 0 saturated carbocycles. The quantitative estimate of drug-likeness (QED) is 0.172. The molecule has 0 unspecified atom stereocenters. The molecule has 3 aromatic carbocycles. The van der Waals surface area contributed by atoms with Crippen LogP contribution in [0.1, 0.15) is 50.5 Å². The van der Waals surface area contributed by atoms with Crippen molar-refractivity contribution < 1.29 is 32.6 Å². The minimum absolute atomic E-state index is 0.0688. The highest BCUT2D eigenvalue weighted by molar-refractivity contribution is 6.04. The lowest BCUT2D eigenvalue weighted by Gasteiger charge is -2.18. The molecular formula is C38H34F2N6O6. The number of carbonyl (C=O) groups is 2. The summed E-state index contributed by atoms with van der Waals surface area (Å²) in [4.78, 5) is 39.7. The second-order valence-electron chi connectivity index (χ2n) is 13.5. The molecule has 6 aromatic rings. The summed E-state index contributed by atoms with van der Waals surface area (Å²) in [7, 11) is 0. The molecule has 266 valence electrons. The molecule has 0 radical (unpaired) electrons. The Labute approximate surface area is 296 Å². The number of hydrogen-bond acceptors (Lipinski definition) is 8. The molecule has 0 bridgehead atoms. The Balaban J connectivity index is 1.18. The summed E-state index contributed by atoms with van der Waals surface area (Å²) < 4.78 is 51.0. The van der Waals surface area contributed by atoms with E-state index in [1.807, 2.05) is 10.7 Å². The van der Waals surface area contributed by atoms with E-state index in [1.165, 1.54) is 65.5 Å². The highest BCUT2D eigenvalue weighted by Gasteiger charge is 2.26. The van der Waals surface area contributed by atoms with E-state index < -0.39 is 34.8 Å². The standard InChI is InChI=1S/C38H34F2N6O6/c1-21(2)50-32-13-11-27(36(48)46(32)26-9-6-24(39)7-10-26)35(47)43-25-8-12-30(29(40)17-25)51-31-16-22-14-15-44-34(22)28(19-42-44)33(31)23-18-41-45(20-23)37(49)52-38(3,4)5/h6-13,16-21H,14-15H2,1-5H3,(H,43,47). The topological polar surface area (TPSA) is 132 Å². The molecular weight excluding hydrogens is 674 g/mol. The van der Waals surface area contributed by atoms with Crippen LogP contribution in [0.2, 0.25) is 0 Å². The molecule has 7 rings (SSSR count). The van der Waals surface area contributed by atoms with Crippen molar-refractivity contribution >= 4 is 28.6 Å². The van der Waals surface area contributed by atoms with Gasteiger partial charge in [0.25, 0.3) is 11.5 Å². The molecule has 1 amide bonds. The van der Waals surface area contributed by atoms with Crippen molar-refractivity contribution in [3.05, 3.63) is 112 Å². The average Bonchev–Trinajstić information content (AvgIpc) is 3.82. The molecule has 3 aromatic heterocycles. The lowest BCUT2D eigenvalue weighted by atomic mass is 10.00. The number of amides is 1. The van der Waals surface area contributed by atoms with Crippen LogP contribution in [0.3, 0.4) is 0 Å². The molecule has 0 spiro atoms. The summed E-state index contributed by atoms with van der Waals surface area (Å²) in [6, 6.07) is 13.7. The average molecular weight is 709 g/mol. The van der Waals surface area contributed by atoms with Crippen LogP contribution >= 0.6 is 0 Å². The van der Waals surface area contributed by atoms with Gasteiger partial charge >= 0.3 is 6.09 Å². The largest absolute Gasteiger partial charge is 0.476 e. The number of nitrogens with zero attached hydrogens (tertiary/aromatic N) is 5. The van der Waals surface area contributed by atoms with Gasteiger partial charge in [-0.3, -0.25) is 14.3 Å². The fourth-order valence-corrected chi connectivity index (χ4v) is 6.00. The fourth-order valence-electron chi connectivity index (χ4n) is 6.00. The zero-order chi connectivity index (χ0) is 36.9. The van der Waals surface area contributed by atoms with Crippen molar-refractivity contribution in [3.8, 4) is 34.2 Å². The Morgan fingerprint density at radius 2 is 1.71 bits per heavy atom. The SMILES string of the molecule is CC(C)Oc1ccc(C(=O)Nc2ccc(Oc3cc4c5c(cnn5CC4)c3-c3cnn(C(=O)OC(C)(C)C)c3)c(F)c2)c(=O)n1-c1ccc(F)cc1. The van der Waals surface area contributed by atoms with E-state index >= 15 is 4.39 Å². The van der Waals surface area contributed by atoms with E-state index in [1.54, 1.807) is 40.8 Å². The molecule has 1 aliphatic rings. The maximum atomic E-state index is 15.7. The molecule has 12 nitrogen and oxygen atoms in total. The van der Waals surface area contributed by atoms with Crippen molar-refractivity contribution in [2.24, 2.45) is 0 Å². The molecule has 0 aliphatic carbocycles. The van der Waals surface area contributed by atoms with Gasteiger partial charge in [0, 0.05) is 41.0 Å². The van der Waals surface area contributed by atoms with E-state index in [-0.39, 0.29) is 29.0 Å². The maximum Gasteiger partial charge on any atom is 0.435 e. The number of aryl methyl sites for hydroxylation is 2. The molecule has 1 N–H and O–H groups in total. The van der Waals surface area contributed by atoms with Crippen LogP contribution in [0.5, 0.6) is 17.4 Å². The van der Waals surface area contributed by atoms with Crippen LogP contribution in [-0.4, -0.2) is 47.8 Å². The Morgan fingerprint density at radius 1 is 0.942 bits per heavy atom. The van der Waals surface area contributed by atoms with Crippen LogP contribution in [0.25, 0.3) is 27.7 Å². The van der Waals surface area contributed by atoms with E-state index in [4.69, 9.17) is 14.2 Å². The number of ether oxygens (including phenoxy) is 3. The smallest absolute Gasteiger partial charge is 0.435 e. The van der Waals surface area contributed by atoms with E-state index in [9.17, 15) is 18.8 Å². The van der Waals surface area contributed by atoms with Crippen molar-refractivity contribution in [1.82, 2.24) is 24.1 Å². The Bertz CT molecular complexity index is 2420. The first-order valence-electron chi connectivity index (χ1n) is 16.5. The number of carbonyl (C=O) groups excluding carboxylic acids is 2. The number of nitrogens with one attached hydrogen (secondary N) is 1. The highest BCUT2D eigenvalue weighted by atomic mass is 19.1. The molecule has 0 saturated heterocycles. The van der Waals surface area contributed by atoms with Gasteiger partial charge in [0.2, 0.25) is 5.88 Å². The summed E-state index contributed by atoms with van der Waals surface area (Å²) in [6.07, 6.45) is 4.47. The Hall–Kier alpha value is -6.31.